The van der Waals surface area contributed by atoms with Gasteiger partial charge in [-0.1, -0.05) is 50.6 Å². The molecule has 0 saturated heterocycles. The number of nitrogens with zero attached hydrogens (tertiary/aromatic N) is 1. The second-order valence-corrected chi connectivity index (χ2v) is 11.4. The predicted octanol–water partition coefficient (Wildman–Crippen LogP) is 6.25. The van der Waals surface area contributed by atoms with Crippen molar-refractivity contribution in [3.05, 3.63) is 59.7 Å². The van der Waals surface area contributed by atoms with Crippen molar-refractivity contribution in [1.29, 1.82) is 0 Å². The summed E-state index contributed by atoms with van der Waals surface area (Å²) in [4.78, 5) is 42.5. The summed E-state index contributed by atoms with van der Waals surface area (Å²) in [7, 11) is 1.58. The Kier molecular flexibility index (Phi) is 11.4. The molecule has 0 aliphatic heterocycles. The van der Waals surface area contributed by atoms with Gasteiger partial charge in [-0.15, -0.1) is 0 Å². The minimum absolute atomic E-state index is 0.110. The fourth-order valence-corrected chi connectivity index (χ4v) is 4.19. The Balaban J connectivity index is 2.53. The van der Waals surface area contributed by atoms with E-state index in [4.69, 9.17) is 9.47 Å². The first kappa shape index (κ1) is 31.7. The molecule has 0 saturated carbocycles. The molecule has 8 nitrogen and oxygen atoms in total. The molecule has 2 rings (SSSR count). The van der Waals surface area contributed by atoms with Gasteiger partial charge in [-0.3, -0.25) is 9.59 Å². The van der Waals surface area contributed by atoms with Crippen LogP contribution in [0.4, 0.5) is 10.5 Å². The maximum absolute atomic E-state index is 14.3. The number of methoxy groups -OCH3 is 1. The lowest BCUT2D eigenvalue weighted by Crippen LogP contribution is -2.55. The zero-order chi connectivity index (χ0) is 29.3. The molecule has 0 aromatic heterocycles. The van der Waals surface area contributed by atoms with Crippen molar-refractivity contribution in [2.45, 2.75) is 92.0 Å². The molecule has 0 spiro atoms. The van der Waals surface area contributed by atoms with E-state index in [9.17, 15) is 14.4 Å². The van der Waals surface area contributed by atoms with Crippen molar-refractivity contribution in [3.8, 4) is 5.75 Å². The summed E-state index contributed by atoms with van der Waals surface area (Å²) < 4.78 is 10.7. The van der Waals surface area contributed by atoms with Gasteiger partial charge < -0.3 is 25.0 Å². The largest absolute Gasteiger partial charge is 0.497 e. The molecule has 214 valence electrons. The predicted molar refractivity (Wildman–Crippen MR) is 155 cm³/mol. The number of ether oxygens (including phenoxy) is 2. The van der Waals surface area contributed by atoms with Crippen molar-refractivity contribution in [1.82, 2.24) is 10.2 Å². The van der Waals surface area contributed by atoms with Gasteiger partial charge in [0.25, 0.3) is 5.91 Å². The first-order valence-electron chi connectivity index (χ1n) is 13.6. The molecule has 2 aromatic rings. The van der Waals surface area contributed by atoms with Gasteiger partial charge in [-0.25, -0.2) is 4.79 Å². The Labute approximate surface area is 233 Å². The fraction of sp³-hybridized carbons (Fsp3) is 0.516. The van der Waals surface area contributed by atoms with Gasteiger partial charge in [-0.05, 0) is 83.2 Å². The lowest BCUT2D eigenvalue weighted by atomic mass is 9.96. The van der Waals surface area contributed by atoms with Gasteiger partial charge in [0.2, 0.25) is 5.91 Å². The Morgan fingerprint density at radius 1 is 0.949 bits per heavy atom. The number of anilines is 1. The van der Waals surface area contributed by atoms with Crippen molar-refractivity contribution in [3.63, 3.8) is 0 Å². The smallest absolute Gasteiger partial charge is 0.408 e. The van der Waals surface area contributed by atoms with Crippen molar-refractivity contribution in [2.24, 2.45) is 5.92 Å². The van der Waals surface area contributed by atoms with Crippen LogP contribution in [0.5, 0.6) is 5.75 Å². The number of benzene rings is 2. The topological polar surface area (TPSA) is 97.0 Å². The van der Waals surface area contributed by atoms with Crippen LogP contribution in [0, 0.1) is 12.8 Å². The van der Waals surface area contributed by atoms with Crippen LogP contribution in [0.25, 0.3) is 0 Å². The van der Waals surface area contributed by atoms with Crippen LogP contribution < -0.4 is 15.4 Å². The molecular formula is C31H45N3O5. The van der Waals surface area contributed by atoms with E-state index in [1.165, 1.54) is 0 Å². The van der Waals surface area contributed by atoms with Crippen LogP contribution in [0.2, 0.25) is 0 Å². The Morgan fingerprint density at radius 3 is 2.03 bits per heavy atom. The first-order chi connectivity index (χ1) is 18.2. The van der Waals surface area contributed by atoms with Gasteiger partial charge in [0.1, 0.15) is 23.4 Å². The average Bonchev–Trinajstić information content (AvgIpc) is 2.85. The maximum Gasteiger partial charge on any atom is 0.408 e. The maximum atomic E-state index is 14.3. The highest BCUT2D eigenvalue weighted by atomic mass is 16.6. The molecular weight excluding hydrogens is 494 g/mol. The van der Waals surface area contributed by atoms with Crippen LogP contribution in [-0.2, 0) is 14.3 Å². The molecule has 39 heavy (non-hydrogen) atoms. The van der Waals surface area contributed by atoms with E-state index in [1.54, 1.807) is 57.0 Å². The number of rotatable bonds is 11. The minimum Gasteiger partial charge on any atom is -0.497 e. The van der Waals surface area contributed by atoms with E-state index < -0.39 is 23.8 Å². The number of carbonyl (C=O) groups is 3. The van der Waals surface area contributed by atoms with Gasteiger partial charge in [0.15, 0.2) is 0 Å². The highest BCUT2D eigenvalue weighted by Crippen LogP contribution is 2.29. The molecule has 0 heterocycles. The number of amides is 3. The molecule has 0 aliphatic carbocycles. The molecule has 3 unspecified atom stereocenters. The number of carbonyl (C=O) groups excluding carboxylic acids is 3. The zero-order valence-electron chi connectivity index (χ0n) is 24.8. The summed E-state index contributed by atoms with van der Waals surface area (Å²) in [6.45, 7) is 15.1. The molecule has 0 aliphatic rings. The Bertz CT molecular complexity index is 1090. The standard InChI is InChI=1S/C31H45N3O5/c1-10-22(5)34(29(36)26(19-20(2)3)33-30(37)39-31(6,7)8)27(23-13-11-21(4)12-14-23)28(35)32-24-15-17-25(38-9)18-16-24/h11-18,20,22,26-27H,10,19H2,1-9H3,(H,32,35)(H,33,37). The number of alkyl carbamates (subject to hydrolysis) is 1. The third-order valence-corrected chi connectivity index (χ3v) is 6.29. The molecule has 3 atom stereocenters. The van der Waals surface area contributed by atoms with Crippen molar-refractivity contribution < 1.29 is 23.9 Å². The molecule has 8 heteroatoms. The number of hydrogen-bond donors (Lipinski definition) is 2. The van der Waals surface area contributed by atoms with Crippen molar-refractivity contribution in [2.75, 3.05) is 12.4 Å². The van der Waals surface area contributed by atoms with Crippen LogP contribution >= 0.6 is 0 Å². The summed E-state index contributed by atoms with van der Waals surface area (Å²) >= 11 is 0. The minimum atomic E-state index is -0.926. The number of hydrogen-bond acceptors (Lipinski definition) is 5. The van der Waals surface area contributed by atoms with Crippen LogP contribution in [0.15, 0.2) is 48.5 Å². The second kappa shape index (κ2) is 14.0. The first-order valence-corrected chi connectivity index (χ1v) is 13.6. The highest BCUT2D eigenvalue weighted by Gasteiger charge is 2.38. The lowest BCUT2D eigenvalue weighted by Gasteiger charge is -2.38. The zero-order valence-corrected chi connectivity index (χ0v) is 24.8. The van der Waals surface area contributed by atoms with Gasteiger partial charge >= 0.3 is 6.09 Å². The fourth-order valence-electron chi connectivity index (χ4n) is 4.19. The molecule has 0 radical (unpaired) electrons. The van der Waals surface area contributed by atoms with E-state index in [1.807, 2.05) is 58.9 Å². The molecule has 2 aromatic carbocycles. The molecule has 0 bridgehead atoms. The summed E-state index contributed by atoms with van der Waals surface area (Å²) in [5, 5.41) is 5.75. The van der Waals surface area contributed by atoms with Gasteiger partial charge in [0, 0.05) is 11.7 Å². The van der Waals surface area contributed by atoms with E-state index in [0.717, 1.165) is 5.56 Å². The van der Waals surface area contributed by atoms with E-state index in [0.29, 0.717) is 29.8 Å². The number of nitrogens with one attached hydrogen (secondary N) is 2. The normalized spacial score (nSPS) is 13.7. The van der Waals surface area contributed by atoms with Gasteiger partial charge in [0.05, 0.1) is 7.11 Å². The van der Waals surface area contributed by atoms with E-state index in [-0.39, 0.29) is 23.8 Å². The Hall–Kier alpha value is -3.55. The van der Waals surface area contributed by atoms with Crippen molar-refractivity contribution >= 4 is 23.6 Å². The quantitative estimate of drug-likeness (QED) is 0.352. The summed E-state index contributed by atoms with van der Waals surface area (Å²) in [5.74, 6) is 0.0976. The summed E-state index contributed by atoms with van der Waals surface area (Å²) in [6, 6.07) is 12.5. The highest BCUT2D eigenvalue weighted by molar-refractivity contribution is 5.99. The third kappa shape index (κ3) is 9.61. The summed E-state index contributed by atoms with van der Waals surface area (Å²) in [5.41, 5.74) is 1.59. The molecule has 2 N–H and O–H groups in total. The van der Waals surface area contributed by atoms with Crippen LogP contribution in [0.1, 0.15) is 78.5 Å². The van der Waals surface area contributed by atoms with Gasteiger partial charge in [-0.2, -0.15) is 0 Å². The Morgan fingerprint density at radius 2 is 1.54 bits per heavy atom. The number of aryl methyl sites for hydroxylation is 1. The van der Waals surface area contributed by atoms with Crippen LogP contribution in [0.3, 0.4) is 0 Å². The van der Waals surface area contributed by atoms with Crippen LogP contribution in [-0.4, -0.2) is 47.6 Å². The molecule has 0 fully saturated rings. The second-order valence-electron chi connectivity index (χ2n) is 11.4. The monoisotopic (exact) mass is 539 g/mol. The third-order valence-electron chi connectivity index (χ3n) is 6.29. The summed E-state index contributed by atoms with van der Waals surface area (Å²) in [6.07, 6.45) is 0.344. The SMILES string of the molecule is CCC(C)N(C(=O)C(CC(C)C)NC(=O)OC(C)(C)C)C(C(=O)Nc1ccc(OC)cc1)c1ccc(C)cc1. The average molecular weight is 540 g/mol. The van der Waals surface area contributed by atoms with E-state index >= 15 is 0 Å². The molecule has 3 amide bonds. The van der Waals surface area contributed by atoms with E-state index in [2.05, 4.69) is 10.6 Å². The lowest BCUT2D eigenvalue weighted by molar-refractivity contribution is -0.143.